The third-order valence-corrected chi connectivity index (χ3v) is 5.69. The number of benzene rings is 2. The van der Waals surface area contributed by atoms with E-state index in [1.54, 1.807) is 13.1 Å². The predicted molar refractivity (Wildman–Crippen MR) is 101 cm³/mol. The zero-order chi connectivity index (χ0) is 18.5. The average Bonchev–Trinajstić information content (AvgIpc) is 2.64. The predicted octanol–water partition coefficient (Wildman–Crippen LogP) is 2.50. The van der Waals surface area contributed by atoms with Crippen LogP contribution < -0.4 is 9.62 Å². The summed E-state index contributed by atoms with van der Waals surface area (Å²) in [6, 6.07) is 9.31. The van der Waals surface area contributed by atoms with Crippen LogP contribution in [0.1, 0.15) is 15.9 Å². The molecular formula is C18H17N3O4S. The highest BCUT2D eigenvalue weighted by molar-refractivity contribution is 7.92. The first kappa shape index (κ1) is 16.7. The third kappa shape index (κ3) is 2.49. The molecule has 7 nitrogen and oxygen atoms in total. The van der Waals surface area contributed by atoms with Crippen LogP contribution in [-0.2, 0) is 21.4 Å². The Morgan fingerprint density at radius 1 is 1.19 bits per heavy atom. The minimum Gasteiger partial charge on any atom is -0.387 e. The number of carbonyl (C=O) groups is 1. The second kappa shape index (κ2) is 5.93. The van der Waals surface area contributed by atoms with Gasteiger partial charge in [-0.25, -0.2) is 17.7 Å². The molecule has 0 unspecified atom stereocenters. The summed E-state index contributed by atoms with van der Waals surface area (Å²) in [5, 5.41) is 4.70. The van der Waals surface area contributed by atoms with Crippen LogP contribution >= 0.6 is 0 Å². The Hall–Kier alpha value is -2.71. The van der Waals surface area contributed by atoms with Gasteiger partial charge < -0.3 is 10.1 Å². The number of rotatable bonds is 3. The van der Waals surface area contributed by atoms with E-state index in [-0.39, 0.29) is 13.3 Å². The van der Waals surface area contributed by atoms with Gasteiger partial charge in [-0.1, -0.05) is 12.1 Å². The average molecular weight is 371 g/mol. The molecule has 0 spiro atoms. The largest absolute Gasteiger partial charge is 0.387 e. The van der Waals surface area contributed by atoms with Crippen molar-refractivity contribution in [1.29, 1.82) is 0 Å². The van der Waals surface area contributed by atoms with E-state index in [1.165, 1.54) is 4.31 Å². The van der Waals surface area contributed by atoms with Gasteiger partial charge in [-0.05, 0) is 18.2 Å². The van der Waals surface area contributed by atoms with E-state index < -0.39 is 10.0 Å². The molecule has 0 fully saturated rings. The molecule has 0 amide bonds. The molecule has 1 N–H and O–H groups in total. The molecule has 0 saturated carbocycles. The highest BCUT2D eigenvalue weighted by Gasteiger charge is 2.26. The van der Waals surface area contributed by atoms with E-state index in [0.717, 1.165) is 23.3 Å². The molecule has 0 atom stereocenters. The fourth-order valence-electron chi connectivity index (χ4n) is 3.33. The zero-order valence-corrected chi connectivity index (χ0v) is 15.1. The van der Waals surface area contributed by atoms with Gasteiger partial charge in [0.05, 0.1) is 35.1 Å². The summed E-state index contributed by atoms with van der Waals surface area (Å²) in [4.78, 5) is 16.3. The molecule has 0 aliphatic carbocycles. The molecule has 2 heterocycles. The number of sulfonamides is 1. The summed E-state index contributed by atoms with van der Waals surface area (Å²) in [6.45, 7) is 0.244. The molecule has 0 radical (unpaired) electrons. The van der Waals surface area contributed by atoms with Crippen LogP contribution in [0, 0.1) is 0 Å². The minimum atomic E-state index is -3.46. The zero-order valence-electron chi connectivity index (χ0n) is 14.3. The van der Waals surface area contributed by atoms with Crippen LogP contribution in [0.15, 0.2) is 30.3 Å². The summed E-state index contributed by atoms with van der Waals surface area (Å²) in [7, 11) is -1.71. The van der Waals surface area contributed by atoms with E-state index in [1.807, 2.05) is 24.3 Å². The standard InChI is InChI=1S/C18H17N3O4S/c1-19-15-5-3-11-7-12-4-6-16-14(9-25-10-21(16)26(2,23)24)18(12)20-17(11)13(15)8-22/h3-8,19H,9-10H2,1-2H3. The number of hydrogen-bond donors (Lipinski definition) is 1. The maximum Gasteiger partial charge on any atom is 0.234 e. The van der Waals surface area contributed by atoms with Gasteiger partial charge in [-0.3, -0.25) is 4.79 Å². The highest BCUT2D eigenvalue weighted by Crippen LogP contribution is 2.35. The van der Waals surface area contributed by atoms with E-state index in [4.69, 9.17) is 9.72 Å². The van der Waals surface area contributed by atoms with Crippen molar-refractivity contribution in [3.63, 3.8) is 0 Å². The van der Waals surface area contributed by atoms with Gasteiger partial charge in [0, 0.05) is 29.1 Å². The Kier molecular flexibility index (Phi) is 3.82. The van der Waals surface area contributed by atoms with Crippen molar-refractivity contribution in [2.75, 3.05) is 29.7 Å². The molecular weight excluding hydrogens is 354 g/mol. The fourth-order valence-corrected chi connectivity index (χ4v) is 4.12. The number of nitrogens with zero attached hydrogens (tertiary/aromatic N) is 2. The van der Waals surface area contributed by atoms with Gasteiger partial charge in [0.1, 0.15) is 6.73 Å². The van der Waals surface area contributed by atoms with Crippen LogP contribution in [0.25, 0.3) is 21.8 Å². The second-order valence-electron chi connectivity index (χ2n) is 6.18. The van der Waals surface area contributed by atoms with Gasteiger partial charge in [0.25, 0.3) is 0 Å². The second-order valence-corrected chi connectivity index (χ2v) is 8.09. The Labute approximate surface area is 150 Å². The Balaban J connectivity index is 2.07. The number of aromatic nitrogens is 1. The lowest BCUT2D eigenvalue weighted by molar-refractivity contribution is 0.112. The number of nitrogens with one attached hydrogen (secondary N) is 1. The lowest BCUT2D eigenvalue weighted by atomic mass is 10.0. The maximum absolute atomic E-state index is 12.1. The third-order valence-electron chi connectivity index (χ3n) is 4.58. The van der Waals surface area contributed by atoms with Crippen LogP contribution in [0.3, 0.4) is 0 Å². The van der Waals surface area contributed by atoms with E-state index in [0.29, 0.717) is 33.5 Å². The Bertz CT molecular complexity index is 1160. The molecule has 8 heteroatoms. The minimum absolute atomic E-state index is 0.0194. The van der Waals surface area contributed by atoms with Crippen molar-refractivity contribution >= 4 is 49.5 Å². The van der Waals surface area contributed by atoms with Gasteiger partial charge >= 0.3 is 0 Å². The first-order chi connectivity index (χ1) is 12.4. The van der Waals surface area contributed by atoms with Gasteiger partial charge in [-0.15, -0.1) is 0 Å². The molecule has 1 aliphatic heterocycles. The Morgan fingerprint density at radius 2 is 1.92 bits per heavy atom. The van der Waals surface area contributed by atoms with Crippen molar-refractivity contribution in [3.8, 4) is 0 Å². The molecule has 0 saturated heterocycles. The molecule has 4 rings (SSSR count). The Morgan fingerprint density at radius 3 is 2.62 bits per heavy atom. The fraction of sp³-hybridized carbons (Fsp3) is 0.222. The highest BCUT2D eigenvalue weighted by atomic mass is 32.2. The van der Waals surface area contributed by atoms with Crippen LogP contribution in [-0.4, -0.2) is 39.7 Å². The summed E-state index contributed by atoms with van der Waals surface area (Å²) in [5.74, 6) is 0. The number of pyridine rings is 1. The van der Waals surface area contributed by atoms with Gasteiger partial charge in [0.2, 0.25) is 10.0 Å². The lowest BCUT2D eigenvalue weighted by Gasteiger charge is -2.29. The summed E-state index contributed by atoms with van der Waals surface area (Å²) in [6.07, 6.45) is 1.93. The lowest BCUT2D eigenvalue weighted by Crippen LogP contribution is -2.35. The number of aldehydes is 1. The first-order valence-corrected chi connectivity index (χ1v) is 9.86. The van der Waals surface area contributed by atoms with E-state index in [2.05, 4.69) is 5.32 Å². The van der Waals surface area contributed by atoms with Gasteiger partial charge in [-0.2, -0.15) is 0 Å². The SMILES string of the molecule is CNc1ccc2cc3ccc4c(c3nc2c1C=O)COCN4S(C)(=O)=O. The van der Waals surface area contributed by atoms with Crippen molar-refractivity contribution in [2.45, 2.75) is 6.61 Å². The number of fused-ring (bicyclic) bond motifs is 4. The molecule has 134 valence electrons. The van der Waals surface area contributed by atoms with Crippen molar-refractivity contribution in [1.82, 2.24) is 4.98 Å². The van der Waals surface area contributed by atoms with Crippen molar-refractivity contribution in [2.24, 2.45) is 0 Å². The monoisotopic (exact) mass is 371 g/mol. The molecule has 1 aliphatic rings. The molecule has 1 aromatic heterocycles. The number of anilines is 2. The van der Waals surface area contributed by atoms with Crippen LogP contribution in [0.2, 0.25) is 0 Å². The molecule has 26 heavy (non-hydrogen) atoms. The van der Waals surface area contributed by atoms with Crippen LogP contribution in [0.4, 0.5) is 11.4 Å². The maximum atomic E-state index is 12.1. The van der Waals surface area contributed by atoms with Gasteiger partial charge in [0.15, 0.2) is 6.29 Å². The summed E-state index contributed by atoms with van der Waals surface area (Å²) >= 11 is 0. The topological polar surface area (TPSA) is 88.6 Å². The molecule has 3 aromatic rings. The van der Waals surface area contributed by atoms with Crippen molar-refractivity contribution in [3.05, 3.63) is 41.5 Å². The van der Waals surface area contributed by atoms with E-state index >= 15 is 0 Å². The number of ether oxygens (including phenoxy) is 1. The van der Waals surface area contributed by atoms with Crippen molar-refractivity contribution < 1.29 is 17.9 Å². The quantitative estimate of drug-likeness (QED) is 0.562. The smallest absolute Gasteiger partial charge is 0.234 e. The first-order valence-electron chi connectivity index (χ1n) is 8.02. The number of carbonyl (C=O) groups excluding carboxylic acids is 1. The summed E-state index contributed by atoms with van der Waals surface area (Å²) in [5.41, 5.74) is 3.65. The molecule has 0 bridgehead atoms. The molecule has 2 aromatic carbocycles. The van der Waals surface area contributed by atoms with E-state index in [9.17, 15) is 13.2 Å². The number of hydrogen-bond acceptors (Lipinski definition) is 6. The summed E-state index contributed by atoms with van der Waals surface area (Å²) < 4.78 is 30.8. The van der Waals surface area contributed by atoms with Crippen LogP contribution in [0.5, 0.6) is 0 Å². The normalized spacial score (nSPS) is 14.5.